The first-order valence-corrected chi connectivity index (χ1v) is 13.2. The number of hydrogen-bond donors (Lipinski definition) is 2. The Morgan fingerprint density at radius 3 is 2.74 bits per heavy atom. The van der Waals surface area contributed by atoms with E-state index < -0.39 is 37.8 Å². The third-order valence-corrected chi connectivity index (χ3v) is 7.68. The Morgan fingerprint density at radius 1 is 1.16 bits per heavy atom. The normalized spacial score (nSPS) is 13.7. The number of imidazole rings is 1. The summed E-state index contributed by atoms with van der Waals surface area (Å²) in [6.45, 7) is 0. The Kier molecular flexibility index (Phi) is 5.76. The summed E-state index contributed by atoms with van der Waals surface area (Å²) < 4.78 is 65.2. The highest BCUT2D eigenvalue weighted by Crippen LogP contribution is 2.39. The number of H-pyrrole nitrogens is 1. The van der Waals surface area contributed by atoms with E-state index in [2.05, 4.69) is 29.9 Å². The van der Waals surface area contributed by atoms with Crippen LogP contribution in [0.15, 0.2) is 53.9 Å². The molecule has 0 radical (unpaired) electrons. The van der Waals surface area contributed by atoms with Crippen molar-refractivity contribution in [2.24, 2.45) is 0 Å². The molecular weight excluding hydrogens is 540 g/mol. The third-order valence-electron chi connectivity index (χ3n) is 6.12. The van der Waals surface area contributed by atoms with Crippen LogP contribution >= 0.6 is 11.6 Å². The largest absolute Gasteiger partial charge is 0.480 e. The maximum Gasteiger partial charge on any atom is 0.267 e. The second-order valence-electron chi connectivity index (χ2n) is 8.69. The molecule has 0 unspecified atom stereocenters. The van der Waals surface area contributed by atoms with Crippen molar-refractivity contribution in [3.8, 4) is 28.5 Å². The average molecular weight is 558 g/mol. The molecule has 0 bridgehead atoms. The number of hydrogen-bond acceptors (Lipinski definition) is 7. The fraction of sp³-hybridized carbons (Fsp3) is 0.167. The number of benzene rings is 1. The number of ether oxygens (including phenoxy) is 1. The number of aromatic nitrogens is 6. The molecule has 1 fully saturated rings. The number of rotatable bonds is 7. The molecule has 1 saturated carbocycles. The first kappa shape index (κ1) is 24.2. The summed E-state index contributed by atoms with van der Waals surface area (Å²) in [4.78, 5) is 11.0. The molecule has 1 aliphatic carbocycles. The highest BCUT2D eigenvalue weighted by atomic mass is 35.5. The smallest absolute Gasteiger partial charge is 0.267 e. The van der Waals surface area contributed by atoms with E-state index in [0.29, 0.717) is 23.0 Å². The van der Waals surface area contributed by atoms with Gasteiger partial charge >= 0.3 is 0 Å². The van der Waals surface area contributed by atoms with Crippen molar-refractivity contribution in [2.45, 2.75) is 23.7 Å². The van der Waals surface area contributed by atoms with Gasteiger partial charge < -0.3 is 14.1 Å². The Morgan fingerprint density at radius 2 is 1.97 bits per heavy atom. The van der Waals surface area contributed by atoms with Crippen LogP contribution in [0, 0.1) is 11.6 Å². The lowest BCUT2D eigenvalue weighted by Gasteiger charge is -2.14. The van der Waals surface area contributed by atoms with Gasteiger partial charge in [-0.05, 0) is 37.1 Å². The van der Waals surface area contributed by atoms with Gasteiger partial charge in [-0.25, -0.2) is 27.2 Å². The van der Waals surface area contributed by atoms with Crippen molar-refractivity contribution in [3.05, 3.63) is 71.5 Å². The van der Waals surface area contributed by atoms with Gasteiger partial charge in [-0.1, -0.05) is 17.7 Å². The number of aromatic amines is 1. The Labute approximate surface area is 219 Å². The number of fused-ring (bicyclic) bond motifs is 1. The second-order valence-corrected chi connectivity index (χ2v) is 10.8. The van der Waals surface area contributed by atoms with E-state index in [1.165, 1.54) is 31.9 Å². The number of halogens is 3. The van der Waals surface area contributed by atoms with E-state index in [0.717, 1.165) is 36.9 Å². The van der Waals surface area contributed by atoms with Gasteiger partial charge in [0.1, 0.15) is 23.7 Å². The molecule has 2 N–H and O–H groups in total. The van der Waals surface area contributed by atoms with Gasteiger partial charge in [-0.15, -0.1) is 10.2 Å². The zero-order valence-electron chi connectivity index (χ0n) is 19.6. The predicted molar refractivity (Wildman–Crippen MR) is 135 cm³/mol. The lowest BCUT2D eigenvalue weighted by molar-refractivity contribution is 0.385. The lowest BCUT2D eigenvalue weighted by Crippen LogP contribution is -2.16. The summed E-state index contributed by atoms with van der Waals surface area (Å²) in [5.74, 6) is -0.511. The van der Waals surface area contributed by atoms with Gasteiger partial charge in [0.15, 0.2) is 16.5 Å². The van der Waals surface area contributed by atoms with Crippen LogP contribution in [0.25, 0.3) is 28.2 Å². The molecule has 0 aliphatic heterocycles. The summed E-state index contributed by atoms with van der Waals surface area (Å²) in [5, 5.41) is 8.39. The summed E-state index contributed by atoms with van der Waals surface area (Å²) in [6.07, 6.45) is 6.33. The fourth-order valence-electron chi connectivity index (χ4n) is 4.10. The standard InChI is InChI=1S/C24H18ClF2N7O3S/c1-37-24-18(8-14(25)9-28-24)38(35,36)33-16-6-5-15(26)19(20(16)27)13-4-7-17-21(29-11-34(17)10-13)23-30-22(31-32-23)12-2-3-12/h4-12,33H,2-3H2,1H3,(H,30,31,32). The zero-order chi connectivity index (χ0) is 26.6. The molecule has 194 valence electrons. The topological polar surface area (TPSA) is 127 Å². The lowest BCUT2D eigenvalue weighted by atomic mass is 10.0. The molecule has 0 spiro atoms. The molecule has 1 aliphatic rings. The van der Waals surface area contributed by atoms with E-state index in [-0.39, 0.29) is 16.5 Å². The quantitative estimate of drug-likeness (QED) is 0.294. The van der Waals surface area contributed by atoms with Gasteiger partial charge in [0.25, 0.3) is 10.0 Å². The molecule has 38 heavy (non-hydrogen) atoms. The van der Waals surface area contributed by atoms with Gasteiger partial charge in [0, 0.05) is 23.9 Å². The van der Waals surface area contributed by atoms with E-state index in [4.69, 9.17) is 16.3 Å². The summed E-state index contributed by atoms with van der Waals surface area (Å²) in [6, 6.07) is 6.24. The minimum absolute atomic E-state index is 0.0357. The van der Waals surface area contributed by atoms with Crippen LogP contribution in [-0.2, 0) is 10.0 Å². The van der Waals surface area contributed by atoms with Crippen molar-refractivity contribution in [2.75, 3.05) is 11.8 Å². The number of methoxy groups -OCH3 is 1. The van der Waals surface area contributed by atoms with Crippen LogP contribution in [0.1, 0.15) is 24.6 Å². The van der Waals surface area contributed by atoms with Crippen LogP contribution < -0.4 is 9.46 Å². The van der Waals surface area contributed by atoms with Crippen LogP contribution in [0.4, 0.5) is 14.5 Å². The van der Waals surface area contributed by atoms with Crippen molar-refractivity contribution in [3.63, 3.8) is 0 Å². The minimum Gasteiger partial charge on any atom is -0.480 e. The molecule has 4 heterocycles. The van der Waals surface area contributed by atoms with Crippen LogP contribution in [0.2, 0.25) is 5.02 Å². The number of anilines is 1. The monoisotopic (exact) mass is 557 g/mol. The van der Waals surface area contributed by atoms with Crippen molar-refractivity contribution in [1.29, 1.82) is 0 Å². The molecule has 4 aromatic heterocycles. The van der Waals surface area contributed by atoms with E-state index in [1.807, 2.05) is 0 Å². The molecule has 14 heteroatoms. The number of pyridine rings is 2. The maximum absolute atomic E-state index is 15.6. The van der Waals surface area contributed by atoms with E-state index >= 15 is 4.39 Å². The molecular formula is C24H18ClF2N7O3S. The molecule has 10 nitrogen and oxygen atoms in total. The fourth-order valence-corrected chi connectivity index (χ4v) is 5.53. The molecule has 6 rings (SSSR count). The molecule has 0 saturated heterocycles. The second kappa shape index (κ2) is 9.03. The van der Waals surface area contributed by atoms with Gasteiger partial charge in [0.2, 0.25) is 5.88 Å². The molecule has 0 atom stereocenters. The van der Waals surface area contributed by atoms with Crippen LogP contribution in [0.3, 0.4) is 0 Å². The van der Waals surface area contributed by atoms with Gasteiger partial charge in [0.05, 0.1) is 28.9 Å². The van der Waals surface area contributed by atoms with Crippen molar-refractivity contribution < 1.29 is 21.9 Å². The molecule has 1 aromatic carbocycles. The minimum atomic E-state index is -4.39. The molecule has 5 aromatic rings. The number of nitrogens with one attached hydrogen (secondary N) is 2. The van der Waals surface area contributed by atoms with Crippen molar-refractivity contribution in [1.82, 2.24) is 29.5 Å². The Bertz CT molecular complexity index is 1820. The summed E-state index contributed by atoms with van der Waals surface area (Å²) in [5.41, 5.74) is 0.460. The number of sulfonamides is 1. The van der Waals surface area contributed by atoms with E-state index in [1.54, 1.807) is 10.5 Å². The van der Waals surface area contributed by atoms with Gasteiger partial charge in [-0.2, -0.15) is 0 Å². The van der Waals surface area contributed by atoms with Crippen LogP contribution in [-0.4, -0.2) is 45.1 Å². The SMILES string of the molecule is COc1ncc(Cl)cc1S(=O)(=O)Nc1ccc(F)c(-c2ccc3c(-c4nnc(C5CC5)[nH]4)ncn3c2)c1F. The van der Waals surface area contributed by atoms with Gasteiger partial charge in [-0.3, -0.25) is 4.72 Å². The summed E-state index contributed by atoms with van der Waals surface area (Å²) in [7, 11) is -3.16. The highest BCUT2D eigenvalue weighted by molar-refractivity contribution is 7.92. The highest BCUT2D eigenvalue weighted by Gasteiger charge is 2.28. The zero-order valence-corrected chi connectivity index (χ0v) is 21.2. The molecule has 0 amide bonds. The van der Waals surface area contributed by atoms with Crippen LogP contribution in [0.5, 0.6) is 5.88 Å². The summed E-state index contributed by atoms with van der Waals surface area (Å²) >= 11 is 5.90. The average Bonchev–Trinajstić information content (AvgIpc) is 3.48. The Balaban J connectivity index is 1.36. The van der Waals surface area contributed by atoms with Crippen molar-refractivity contribution >= 4 is 32.8 Å². The Hall–Kier alpha value is -4.10. The third kappa shape index (κ3) is 4.23. The van der Waals surface area contributed by atoms with E-state index in [9.17, 15) is 12.8 Å². The first-order valence-electron chi connectivity index (χ1n) is 11.4. The maximum atomic E-state index is 15.6. The first-order chi connectivity index (χ1) is 18.2. The number of nitrogens with zero attached hydrogens (tertiary/aromatic N) is 5. The predicted octanol–water partition coefficient (Wildman–Crippen LogP) is 4.80.